The number of nitrogens with zero attached hydrogens (tertiary/aromatic N) is 2. The predicted octanol–water partition coefficient (Wildman–Crippen LogP) is 2.90. The van der Waals surface area contributed by atoms with Crippen molar-refractivity contribution in [3.8, 4) is 0 Å². The third-order valence-electron chi connectivity index (χ3n) is 4.10. The van der Waals surface area contributed by atoms with E-state index in [0.717, 1.165) is 49.3 Å². The first-order chi connectivity index (χ1) is 10.2. The van der Waals surface area contributed by atoms with E-state index in [9.17, 15) is 4.79 Å². The number of para-hydroxylation sites is 2. The molecule has 1 atom stereocenters. The number of carbonyl (C=O) groups is 1. The third kappa shape index (κ3) is 3.61. The topological polar surface area (TPSA) is 66.6 Å². The van der Waals surface area contributed by atoms with Gasteiger partial charge in [-0.1, -0.05) is 12.1 Å². The number of carboxylic acids is 1. The normalized spacial score (nSPS) is 20.5. The average Bonchev–Trinajstić information content (AvgIpc) is 2.73. The Labute approximate surface area is 123 Å². The third-order valence-corrected chi connectivity index (χ3v) is 4.10. The van der Waals surface area contributed by atoms with Crippen LogP contribution in [-0.2, 0) is 11.3 Å². The lowest BCUT2D eigenvalue weighted by Crippen LogP contribution is -2.24. The van der Waals surface area contributed by atoms with Crippen LogP contribution in [0.2, 0.25) is 0 Å². The molecule has 21 heavy (non-hydrogen) atoms. The number of rotatable bonds is 4. The summed E-state index contributed by atoms with van der Waals surface area (Å²) in [6.07, 6.45) is 3.26. The van der Waals surface area contributed by atoms with E-state index < -0.39 is 5.97 Å². The van der Waals surface area contributed by atoms with Gasteiger partial charge in [0.05, 0.1) is 6.54 Å². The lowest BCUT2D eigenvalue weighted by Gasteiger charge is -2.17. The van der Waals surface area contributed by atoms with E-state index in [1.807, 2.05) is 24.3 Å². The second-order valence-electron chi connectivity index (χ2n) is 5.75. The molecule has 1 aliphatic rings. The molecule has 0 radical (unpaired) electrons. The Hall–Kier alpha value is -1.88. The van der Waals surface area contributed by atoms with Crippen molar-refractivity contribution in [2.75, 3.05) is 13.1 Å². The van der Waals surface area contributed by atoms with Crippen molar-refractivity contribution in [1.82, 2.24) is 9.88 Å². The van der Waals surface area contributed by atoms with Crippen molar-refractivity contribution in [1.29, 1.82) is 0 Å². The Bertz CT molecular complexity index is 590. The summed E-state index contributed by atoms with van der Waals surface area (Å²) in [5.74, 6) is 0.358. The zero-order valence-corrected chi connectivity index (χ0v) is 12.0. The van der Waals surface area contributed by atoms with Crippen molar-refractivity contribution >= 4 is 17.1 Å². The van der Waals surface area contributed by atoms with Gasteiger partial charge in [-0.2, -0.15) is 0 Å². The summed E-state index contributed by atoms with van der Waals surface area (Å²) in [5.41, 5.74) is 1.72. The van der Waals surface area contributed by atoms with Crippen LogP contribution in [0.4, 0.5) is 0 Å². The summed E-state index contributed by atoms with van der Waals surface area (Å²) in [6.45, 7) is 2.60. The molecule has 1 aromatic carbocycles. The average molecular weight is 288 g/mol. The highest BCUT2D eigenvalue weighted by molar-refractivity contribution is 5.72. The Balaban J connectivity index is 1.61. The molecule has 112 valence electrons. The van der Waals surface area contributed by atoms with Gasteiger partial charge in [0.15, 0.2) is 5.58 Å². The number of hydrogen-bond donors (Lipinski definition) is 1. The van der Waals surface area contributed by atoms with Crippen LogP contribution in [-0.4, -0.2) is 34.0 Å². The molecule has 1 aromatic heterocycles. The van der Waals surface area contributed by atoms with Gasteiger partial charge in [0.2, 0.25) is 5.89 Å². The molecule has 1 N–H and O–H groups in total. The molecule has 5 heteroatoms. The standard InChI is InChI=1S/C16H20N2O3/c19-16(20)10-12-4-3-8-18(9-7-12)11-15-17-13-5-1-2-6-14(13)21-15/h1-2,5-6,12H,3-4,7-11H2,(H,19,20). The first kappa shape index (κ1) is 14.1. The van der Waals surface area contributed by atoms with E-state index in [0.29, 0.717) is 12.5 Å². The lowest BCUT2D eigenvalue weighted by molar-refractivity contribution is -0.138. The van der Waals surface area contributed by atoms with E-state index in [4.69, 9.17) is 9.52 Å². The Morgan fingerprint density at radius 3 is 3.00 bits per heavy atom. The van der Waals surface area contributed by atoms with Gasteiger partial charge >= 0.3 is 5.97 Å². The molecule has 5 nitrogen and oxygen atoms in total. The van der Waals surface area contributed by atoms with Crippen molar-refractivity contribution in [3.05, 3.63) is 30.2 Å². The van der Waals surface area contributed by atoms with Crippen LogP contribution >= 0.6 is 0 Å². The molecular formula is C16H20N2O3. The Kier molecular flexibility index (Phi) is 4.20. The molecule has 1 fully saturated rings. The fourth-order valence-corrected chi connectivity index (χ4v) is 3.01. The summed E-state index contributed by atoms with van der Waals surface area (Å²) in [5, 5.41) is 8.90. The monoisotopic (exact) mass is 288 g/mol. The molecule has 0 aliphatic carbocycles. The Morgan fingerprint density at radius 2 is 2.19 bits per heavy atom. The number of carboxylic acid groups (broad SMARTS) is 1. The molecule has 0 saturated carbocycles. The number of aliphatic carboxylic acids is 1. The first-order valence-corrected chi connectivity index (χ1v) is 7.49. The molecule has 2 aromatic rings. The maximum absolute atomic E-state index is 10.8. The zero-order valence-electron chi connectivity index (χ0n) is 12.0. The maximum Gasteiger partial charge on any atom is 0.303 e. The summed E-state index contributed by atoms with van der Waals surface area (Å²) in [4.78, 5) is 17.6. The summed E-state index contributed by atoms with van der Waals surface area (Å²) >= 11 is 0. The van der Waals surface area contributed by atoms with E-state index in [1.165, 1.54) is 0 Å². The fourth-order valence-electron chi connectivity index (χ4n) is 3.01. The van der Waals surface area contributed by atoms with E-state index in [1.54, 1.807) is 0 Å². The second kappa shape index (κ2) is 6.26. The van der Waals surface area contributed by atoms with Crippen LogP contribution < -0.4 is 0 Å². The minimum absolute atomic E-state index is 0.288. The van der Waals surface area contributed by atoms with Gasteiger partial charge < -0.3 is 9.52 Å². The molecule has 0 bridgehead atoms. The number of hydrogen-bond acceptors (Lipinski definition) is 4. The van der Waals surface area contributed by atoms with Crippen LogP contribution in [0.3, 0.4) is 0 Å². The van der Waals surface area contributed by atoms with Crippen LogP contribution in [0.25, 0.3) is 11.1 Å². The van der Waals surface area contributed by atoms with Crippen LogP contribution in [0, 0.1) is 5.92 Å². The van der Waals surface area contributed by atoms with E-state index in [2.05, 4.69) is 9.88 Å². The Morgan fingerprint density at radius 1 is 1.33 bits per heavy atom. The zero-order chi connectivity index (χ0) is 14.7. The highest BCUT2D eigenvalue weighted by atomic mass is 16.4. The highest BCUT2D eigenvalue weighted by Crippen LogP contribution is 2.22. The van der Waals surface area contributed by atoms with Gasteiger partial charge in [0, 0.05) is 6.42 Å². The van der Waals surface area contributed by atoms with Crippen LogP contribution in [0.15, 0.2) is 28.7 Å². The van der Waals surface area contributed by atoms with Crippen LogP contribution in [0.5, 0.6) is 0 Å². The van der Waals surface area contributed by atoms with Crippen molar-refractivity contribution in [2.24, 2.45) is 5.92 Å². The van der Waals surface area contributed by atoms with Gasteiger partial charge in [-0.15, -0.1) is 0 Å². The minimum atomic E-state index is -0.688. The summed E-state index contributed by atoms with van der Waals surface area (Å²) in [6, 6.07) is 7.78. The molecule has 1 saturated heterocycles. The first-order valence-electron chi connectivity index (χ1n) is 7.49. The van der Waals surface area contributed by atoms with Crippen molar-refractivity contribution < 1.29 is 14.3 Å². The van der Waals surface area contributed by atoms with Gasteiger partial charge in [-0.25, -0.2) is 4.98 Å². The quantitative estimate of drug-likeness (QED) is 0.937. The fraction of sp³-hybridized carbons (Fsp3) is 0.500. The second-order valence-corrected chi connectivity index (χ2v) is 5.75. The largest absolute Gasteiger partial charge is 0.481 e. The smallest absolute Gasteiger partial charge is 0.303 e. The van der Waals surface area contributed by atoms with Crippen molar-refractivity contribution in [2.45, 2.75) is 32.2 Å². The number of aromatic nitrogens is 1. The van der Waals surface area contributed by atoms with Crippen LogP contribution in [0.1, 0.15) is 31.6 Å². The lowest BCUT2D eigenvalue weighted by atomic mass is 9.97. The molecule has 2 heterocycles. The van der Waals surface area contributed by atoms with E-state index in [-0.39, 0.29) is 6.42 Å². The molecular weight excluding hydrogens is 268 g/mol. The predicted molar refractivity (Wildman–Crippen MR) is 78.9 cm³/mol. The van der Waals surface area contributed by atoms with Gasteiger partial charge in [-0.3, -0.25) is 9.69 Å². The van der Waals surface area contributed by atoms with Crippen molar-refractivity contribution in [3.63, 3.8) is 0 Å². The summed E-state index contributed by atoms with van der Waals surface area (Å²) < 4.78 is 5.76. The minimum Gasteiger partial charge on any atom is -0.481 e. The number of fused-ring (bicyclic) bond motifs is 1. The maximum atomic E-state index is 10.8. The van der Waals surface area contributed by atoms with Gasteiger partial charge in [0.25, 0.3) is 0 Å². The summed E-state index contributed by atoms with van der Waals surface area (Å²) in [7, 11) is 0. The number of oxazole rings is 1. The number of benzene rings is 1. The molecule has 1 aliphatic heterocycles. The SMILES string of the molecule is O=C(O)CC1CCCN(Cc2nc3ccccc3o2)CC1. The molecule has 0 spiro atoms. The van der Waals surface area contributed by atoms with Gasteiger partial charge in [-0.05, 0) is 50.4 Å². The van der Waals surface area contributed by atoms with Gasteiger partial charge in [0.1, 0.15) is 5.52 Å². The highest BCUT2D eigenvalue weighted by Gasteiger charge is 2.20. The number of likely N-dealkylation sites (tertiary alicyclic amines) is 1. The molecule has 3 rings (SSSR count). The molecule has 1 unspecified atom stereocenters. The molecule has 0 amide bonds. The van der Waals surface area contributed by atoms with E-state index >= 15 is 0 Å².